The van der Waals surface area contributed by atoms with Crippen LogP contribution in [0.25, 0.3) is 0 Å². The number of nitrogens with zero attached hydrogens (tertiary/aromatic N) is 2. The molecule has 0 spiro atoms. The van der Waals surface area contributed by atoms with E-state index in [0.29, 0.717) is 22.6 Å². The van der Waals surface area contributed by atoms with Crippen LogP contribution in [0.5, 0.6) is 11.5 Å². The number of anilines is 1. The first kappa shape index (κ1) is 28.0. The highest BCUT2D eigenvalue weighted by Gasteiger charge is 2.42. The van der Waals surface area contributed by atoms with Crippen molar-refractivity contribution in [1.82, 2.24) is 4.98 Å². The summed E-state index contributed by atoms with van der Waals surface area (Å²) in [5.41, 5.74) is -1.13. The maximum atomic E-state index is 15.6. The van der Waals surface area contributed by atoms with Crippen LogP contribution in [-0.2, 0) is 29.1 Å². The first-order valence-electron chi connectivity index (χ1n) is 11.0. The number of alkyl halides is 3. The monoisotopic (exact) mass is 538 g/mol. The van der Waals surface area contributed by atoms with Gasteiger partial charge in [-0.3, -0.25) is 0 Å². The van der Waals surface area contributed by atoms with Crippen molar-refractivity contribution in [2.75, 3.05) is 24.9 Å². The van der Waals surface area contributed by atoms with E-state index in [2.05, 4.69) is 11.6 Å². The lowest BCUT2D eigenvalue weighted by Crippen LogP contribution is -2.28. The molecule has 0 unspecified atom stereocenters. The molecule has 0 aliphatic carbocycles. The molecule has 3 aromatic rings. The molecule has 3 rings (SSSR count). The van der Waals surface area contributed by atoms with Crippen LogP contribution < -0.4 is 14.4 Å². The van der Waals surface area contributed by atoms with Gasteiger partial charge in [-0.15, -0.1) is 6.58 Å². The van der Waals surface area contributed by atoms with Gasteiger partial charge >= 0.3 is 6.18 Å². The smallest absolute Gasteiger partial charge is 0.419 e. The number of rotatable bonds is 10. The van der Waals surface area contributed by atoms with E-state index < -0.39 is 49.6 Å². The molecule has 0 atom stereocenters. The zero-order valence-corrected chi connectivity index (χ0v) is 21.3. The zero-order valence-electron chi connectivity index (χ0n) is 20.5. The number of methoxy groups -OCH3 is 2. The Hall–Kier alpha value is -3.60. The van der Waals surface area contributed by atoms with Gasteiger partial charge in [0.2, 0.25) is 0 Å². The van der Waals surface area contributed by atoms with Crippen LogP contribution in [0.1, 0.15) is 22.3 Å². The summed E-state index contributed by atoms with van der Waals surface area (Å²) in [4.78, 5) is 5.18. The Morgan fingerprint density at radius 2 is 1.41 bits per heavy atom. The molecule has 11 heteroatoms. The van der Waals surface area contributed by atoms with E-state index in [4.69, 9.17) is 9.47 Å². The molecule has 0 N–H and O–H groups in total. The number of ether oxygens (including phenoxy) is 2. The van der Waals surface area contributed by atoms with Gasteiger partial charge in [0.15, 0.2) is 26.5 Å². The molecule has 2 aromatic carbocycles. The minimum atomic E-state index is -5.14. The molecule has 0 saturated heterocycles. The molecular weight excluding hydrogens is 512 g/mol. The second-order valence-corrected chi connectivity index (χ2v) is 10.1. The molecule has 198 valence electrons. The Kier molecular flexibility index (Phi) is 8.47. The fourth-order valence-electron chi connectivity index (χ4n) is 3.75. The lowest BCUT2D eigenvalue weighted by molar-refractivity contribution is -0.141. The highest BCUT2D eigenvalue weighted by Crippen LogP contribution is 2.40. The van der Waals surface area contributed by atoms with Crippen LogP contribution in [0.15, 0.2) is 66.2 Å². The van der Waals surface area contributed by atoms with Crippen LogP contribution in [-0.4, -0.2) is 33.4 Å². The maximum absolute atomic E-state index is 15.6. The molecular formula is C26H26F4N2O4S. The van der Waals surface area contributed by atoms with E-state index in [-0.39, 0.29) is 13.1 Å². The van der Waals surface area contributed by atoms with Crippen LogP contribution >= 0.6 is 0 Å². The molecule has 37 heavy (non-hydrogen) atoms. The minimum Gasteiger partial charge on any atom is -0.497 e. The average molecular weight is 539 g/mol. The Balaban J connectivity index is 2.21. The molecule has 0 aliphatic heterocycles. The summed E-state index contributed by atoms with van der Waals surface area (Å²) < 4.78 is 93.2. The lowest BCUT2D eigenvalue weighted by atomic mass is 10.1. The second kappa shape index (κ2) is 11.2. The summed E-state index contributed by atoms with van der Waals surface area (Å²) in [5.74, 6) is -1.40. The van der Waals surface area contributed by atoms with Crippen molar-refractivity contribution in [3.8, 4) is 11.5 Å². The van der Waals surface area contributed by atoms with Crippen LogP contribution in [0.4, 0.5) is 23.4 Å². The average Bonchev–Trinajstić information content (AvgIpc) is 2.85. The van der Waals surface area contributed by atoms with Gasteiger partial charge in [-0.1, -0.05) is 30.3 Å². The molecule has 1 aromatic heterocycles. The van der Waals surface area contributed by atoms with Gasteiger partial charge in [0.25, 0.3) is 0 Å². The molecule has 1 heterocycles. The molecule has 6 nitrogen and oxygen atoms in total. The van der Waals surface area contributed by atoms with E-state index in [1.807, 2.05) is 0 Å². The van der Waals surface area contributed by atoms with Gasteiger partial charge in [-0.25, -0.2) is 17.8 Å². The summed E-state index contributed by atoms with van der Waals surface area (Å²) >= 11 is 0. The van der Waals surface area contributed by atoms with Crippen molar-refractivity contribution in [3.63, 3.8) is 0 Å². The van der Waals surface area contributed by atoms with Crippen molar-refractivity contribution < 1.29 is 35.5 Å². The molecule has 0 bridgehead atoms. The molecule has 0 fully saturated rings. The topological polar surface area (TPSA) is 68.7 Å². The number of benzene rings is 2. The van der Waals surface area contributed by atoms with E-state index >= 15 is 4.39 Å². The molecule has 0 radical (unpaired) electrons. The number of aromatic nitrogens is 1. The summed E-state index contributed by atoms with van der Waals surface area (Å²) in [6.45, 7) is 4.24. The third-order valence-electron chi connectivity index (χ3n) is 5.60. The van der Waals surface area contributed by atoms with Crippen molar-refractivity contribution in [1.29, 1.82) is 0 Å². The predicted molar refractivity (Wildman–Crippen MR) is 132 cm³/mol. The van der Waals surface area contributed by atoms with Crippen molar-refractivity contribution in [2.24, 2.45) is 0 Å². The summed E-state index contributed by atoms with van der Waals surface area (Å²) in [7, 11) is -1.56. The molecule has 0 amide bonds. The number of pyridine rings is 1. The SMILES string of the molecule is C=CCS(=O)(=O)c1nc(N(Cc2ccc(OC)cc2)Cc2ccc(OC)cc2)c(F)c(C)c1C(F)(F)F. The Morgan fingerprint density at radius 1 is 0.946 bits per heavy atom. The third-order valence-corrected chi connectivity index (χ3v) is 7.16. The summed E-state index contributed by atoms with van der Waals surface area (Å²) in [6.07, 6.45) is -4.18. The van der Waals surface area contributed by atoms with Gasteiger partial charge in [0.05, 0.1) is 25.5 Å². The van der Waals surface area contributed by atoms with Crippen molar-refractivity contribution in [3.05, 3.63) is 89.3 Å². The third kappa shape index (κ3) is 6.40. The number of hydrogen-bond donors (Lipinski definition) is 0. The van der Waals surface area contributed by atoms with E-state index in [9.17, 15) is 21.6 Å². The standard InChI is InChI=1S/C26H26F4N2O4S/c1-5-14-37(33,34)25-22(26(28,29)30)17(2)23(27)24(31-25)32(15-18-6-10-20(35-3)11-7-18)16-19-8-12-21(36-4)13-9-19/h5-13H,1,14-16H2,2-4H3. The zero-order chi connectivity index (χ0) is 27.4. The highest BCUT2D eigenvalue weighted by molar-refractivity contribution is 7.91. The van der Waals surface area contributed by atoms with Gasteiger partial charge in [-0.2, -0.15) is 13.2 Å². The number of hydrogen-bond acceptors (Lipinski definition) is 6. The summed E-state index contributed by atoms with van der Waals surface area (Å²) in [6, 6.07) is 13.6. The minimum absolute atomic E-state index is 0.0195. The predicted octanol–water partition coefficient (Wildman–Crippen LogP) is 5.73. The second-order valence-electron chi connectivity index (χ2n) is 8.17. The normalized spacial score (nSPS) is 11.8. The quantitative estimate of drug-likeness (QED) is 0.243. The van der Waals surface area contributed by atoms with Crippen LogP contribution in [0.3, 0.4) is 0 Å². The van der Waals surface area contributed by atoms with Crippen molar-refractivity contribution >= 4 is 15.7 Å². The van der Waals surface area contributed by atoms with Gasteiger partial charge in [0.1, 0.15) is 11.5 Å². The van der Waals surface area contributed by atoms with E-state index in [1.165, 1.54) is 19.1 Å². The van der Waals surface area contributed by atoms with Crippen LogP contribution in [0, 0.1) is 12.7 Å². The Morgan fingerprint density at radius 3 is 1.78 bits per heavy atom. The molecule has 0 aliphatic rings. The lowest BCUT2D eigenvalue weighted by Gasteiger charge is -2.27. The highest BCUT2D eigenvalue weighted by atomic mass is 32.2. The Bertz CT molecular complexity index is 1310. The number of halogens is 4. The first-order chi connectivity index (χ1) is 17.4. The van der Waals surface area contributed by atoms with Gasteiger partial charge in [-0.05, 0) is 42.3 Å². The van der Waals surface area contributed by atoms with E-state index in [1.54, 1.807) is 48.5 Å². The van der Waals surface area contributed by atoms with Crippen molar-refractivity contribution in [2.45, 2.75) is 31.2 Å². The number of sulfone groups is 1. The fourth-order valence-corrected chi connectivity index (χ4v) is 5.02. The first-order valence-corrected chi connectivity index (χ1v) is 12.7. The largest absolute Gasteiger partial charge is 0.497 e. The fraction of sp³-hybridized carbons (Fsp3) is 0.269. The Labute approximate surface area is 213 Å². The van der Waals surface area contributed by atoms with Gasteiger partial charge < -0.3 is 14.4 Å². The maximum Gasteiger partial charge on any atom is 0.419 e. The van der Waals surface area contributed by atoms with E-state index in [0.717, 1.165) is 13.0 Å². The summed E-state index contributed by atoms with van der Waals surface area (Å²) in [5, 5.41) is -1.23. The molecule has 0 saturated carbocycles. The van der Waals surface area contributed by atoms with Crippen LogP contribution in [0.2, 0.25) is 0 Å². The van der Waals surface area contributed by atoms with Gasteiger partial charge in [0, 0.05) is 18.7 Å².